The molecule has 1 aliphatic carbocycles. The van der Waals surface area contributed by atoms with E-state index < -0.39 is 11.6 Å². The van der Waals surface area contributed by atoms with Crippen LogP contribution in [-0.2, 0) is 9.59 Å². The van der Waals surface area contributed by atoms with Gasteiger partial charge in [0, 0.05) is 12.5 Å². The zero-order valence-corrected chi connectivity index (χ0v) is 8.61. The van der Waals surface area contributed by atoms with E-state index in [2.05, 4.69) is 5.32 Å². The second-order valence-electron chi connectivity index (χ2n) is 3.48. The highest BCUT2D eigenvalue weighted by atomic mass is 16.2. The summed E-state index contributed by atoms with van der Waals surface area (Å²) in [6.45, 7) is 1.29. The van der Waals surface area contributed by atoms with Crippen LogP contribution in [0.25, 0.3) is 6.08 Å². The Labute approximate surface area is 92.0 Å². The number of ketones is 2. The predicted molar refractivity (Wildman–Crippen MR) is 57.6 cm³/mol. The summed E-state index contributed by atoms with van der Waals surface area (Å²) in [6, 6.07) is 6.78. The molecule has 1 N–H and O–H groups in total. The molecule has 0 heterocycles. The monoisotopic (exact) mass is 215 g/mol. The molecule has 0 unspecified atom stereocenters. The van der Waals surface area contributed by atoms with E-state index >= 15 is 0 Å². The van der Waals surface area contributed by atoms with Gasteiger partial charge in [0.05, 0.1) is 5.70 Å². The molecule has 2 rings (SSSR count). The Hall–Kier alpha value is -2.23. The molecule has 1 amide bonds. The molecule has 0 aromatic heterocycles. The van der Waals surface area contributed by atoms with Gasteiger partial charge in [-0.25, -0.2) is 0 Å². The Bertz CT molecular complexity index is 529. The Morgan fingerprint density at radius 1 is 1.12 bits per heavy atom. The molecule has 0 aliphatic heterocycles. The molecular weight excluding hydrogens is 206 g/mol. The summed E-state index contributed by atoms with van der Waals surface area (Å²) in [5, 5.41) is 2.35. The highest BCUT2D eigenvalue weighted by Gasteiger charge is 2.27. The second-order valence-corrected chi connectivity index (χ2v) is 3.48. The number of hydrogen-bond acceptors (Lipinski definition) is 3. The smallest absolute Gasteiger partial charge is 0.249 e. The lowest BCUT2D eigenvalue weighted by atomic mass is 9.93. The van der Waals surface area contributed by atoms with Gasteiger partial charge in [0.2, 0.25) is 17.5 Å². The Balaban J connectivity index is 2.51. The van der Waals surface area contributed by atoms with Crippen LogP contribution < -0.4 is 5.32 Å². The lowest BCUT2D eigenvalue weighted by molar-refractivity contribution is -0.120. The van der Waals surface area contributed by atoms with Gasteiger partial charge in [-0.3, -0.25) is 14.4 Å². The number of benzene rings is 1. The number of rotatable bonds is 1. The molecule has 0 atom stereocenters. The van der Waals surface area contributed by atoms with E-state index in [1.165, 1.54) is 13.0 Å². The fourth-order valence-corrected chi connectivity index (χ4v) is 1.58. The van der Waals surface area contributed by atoms with E-state index in [0.29, 0.717) is 11.1 Å². The first-order chi connectivity index (χ1) is 7.59. The van der Waals surface area contributed by atoms with Crippen LogP contribution in [-0.4, -0.2) is 17.5 Å². The van der Waals surface area contributed by atoms with Crippen LogP contribution in [0.2, 0.25) is 0 Å². The molecule has 1 aromatic rings. The molecule has 0 radical (unpaired) electrons. The highest BCUT2D eigenvalue weighted by molar-refractivity contribution is 6.51. The maximum atomic E-state index is 11.7. The van der Waals surface area contributed by atoms with E-state index in [1.54, 1.807) is 24.3 Å². The minimum absolute atomic E-state index is 0.0381. The van der Waals surface area contributed by atoms with Gasteiger partial charge in [0.1, 0.15) is 0 Å². The molecule has 0 bridgehead atoms. The van der Waals surface area contributed by atoms with Crippen LogP contribution in [0, 0.1) is 0 Å². The maximum absolute atomic E-state index is 11.7. The highest BCUT2D eigenvalue weighted by Crippen LogP contribution is 2.20. The van der Waals surface area contributed by atoms with E-state index in [0.717, 1.165) is 0 Å². The third kappa shape index (κ3) is 1.65. The van der Waals surface area contributed by atoms with Gasteiger partial charge in [-0.2, -0.15) is 0 Å². The van der Waals surface area contributed by atoms with Gasteiger partial charge in [-0.1, -0.05) is 24.3 Å². The maximum Gasteiger partial charge on any atom is 0.249 e. The van der Waals surface area contributed by atoms with Crippen molar-refractivity contribution in [2.24, 2.45) is 0 Å². The van der Waals surface area contributed by atoms with Gasteiger partial charge >= 0.3 is 0 Å². The molecule has 0 saturated heterocycles. The van der Waals surface area contributed by atoms with E-state index in [1.807, 2.05) is 0 Å². The van der Waals surface area contributed by atoms with Crippen molar-refractivity contribution in [1.82, 2.24) is 5.32 Å². The molecule has 4 nitrogen and oxygen atoms in total. The summed E-state index contributed by atoms with van der Waals surface area (Å²) in [5.74, 6) is -1.62. The molecule has 1 aromatic carbocycles. The fraction of sp³-hybridized carbons (Fsp3) is 0.0833. The number of carbonyl (C=O) groups excluding carboxylic acids is 3. The van der Waals surface area contributed by atoms with Crippen molar-refractivity contribution in [2.45, 2.75) is 6.92 Å². The third-order valence-electron chi connectivity index (χ3n) is 2.27. The first kappa shape index (κ1) is 10.3. The van der Waals surface area contributed by atoms with Gasteiger partial charge < -0.3 is 5.32 Å². The Kier molecular flexibility index (Phi) is 2.40. The summed E-state index contributed by atoms with van der Waals surface area (Å²) in [4.78, 5) is 34.1. The number of nitrogens with one attached hydrogen (secondary N) is 1. The molecule has 0 fully saturated rings. The van der Waals surface area contributed by atoms with Crippen molar-refractivity contribution in [3.8, 4) is 0 Å². The zero-order chi connectivity index (χ0) is 11.7. The first-order valence-corrected chi connectivity index (χ1v) is 4.77. The van der Waals surface area contributed by atoms with Gasteiger partial charge in [-0.05, 0) is 11.6 Å². The van der Waals surface area contributed by atoms with Crippen molar-refractivity contribution in [2.75, 3.05) is 0 Å². The molecule has 0 saturated carbocycles. The number of carbonyl (C=O) groups is 3. The quantitative estimate of drug-likeness (QED) is 0.709. The molecule has 4 heteroatoms. The van der Waals surface area contributed by atoms with Gasteiger partial charge in [0.25, 0.3) is 0 Å². The van der Waals surface area contributed by atoms with Crippen molar-refractivity contribution in [3.05, 3.63) is 41.1 Å². The average Bonchev–Trinajstić information content (AvgIpc) is 2.25. The van der Waals surface area contributed by atoms with Gasteiger partial charge in [-0.15, -0.1) is 0 Å². The van der Waals surface area contributed by atoms with Crippen molar-refractivity contribution < 1.29 is 14.4 Å². The number of Topliss-reactive ketones (excluding diaryl/α,β-unsaturated/α-hetero) is 2. The molecular formula is C12H9NO3. The lowest BCUT2D eigenvalue weighted by Crippen LogP contribution is -2.32. The van der Waals surface area contributed by atoms with Crippen LogP contribution in [0.4, 0.5) is 0 Å². The zero-order valence-electron chi connectivity index (χ0n) is 8.61. The fourth-order valence-electron chi connectivity index (χ4n) is 1.58. The van der Waals surface area contributed by atoms with E-state index in [-0.39, 0.29) is 11.6 Å². The number of amides is 1. The Morgan fingerprint density at radius 2 is 1.81 bits per heavy atom. The standard InChI is InChI=1S/C12H9NO3/c1-7(14)13-10-6-8-4-2-3-5-9(8)11(15)12(10)16/h2-6H,1H3,(H,13,14). The third-order valence-corrected chi connectivity index (χ3v) is 2.27. The molecule has 80 valence electrons. The SMILES string of the molecule is CC(=O)NC1=Cc2ccccc2C(=O)C1=O. The summed E-state index contributed by atoms with van der Waals surface area (Å²) < 4.78 is 0. The van der Waals surface area contributed by atoms with Crippen molar-refractivity contribution in [3.63, 3.8) is 0 Å². The summed E-state index contributed by atoms with van der Waals surface area (Å²) in [7, 11) is 0. The van der Waals surface area contributed by atoms with E-state index in [4.69, 9.17) is 0 Å². The second kappa shape index (κ2) is 3.73. The van der Waals surface area contributed by atoms with Crippen molar-refractivity contribution >= 4 is 23.5 Å². The summed E-state index contributed by atoms with van der Waals surface area (Å²) in [6.07, 6.45) is 1.51. The number of fused-ring (bicyclic) bond motifs is 1. The molecule has 16 heavy (non-hydrogen) atoms. The number of hydrogen-bond donors (Lipinski definition) is 1. The van der Waals surface area contributed by atoms with Gasteiger partial charge in [0.15, 0.2) is 0 Å². The number of allylic oxidation sites excluding steroid dienone is 1. The van der Waals surface area contributed by atoms with Crippen LogP contribution in [0.1, 0.15) is 22.8 Å². The van der Waals surface area contributed by atoms with Crippen LogP contribution in [0.15, 0.2) is 30.0 Å². The Morgan fingerprint density at radius 3 is 2.50 bits per heavy atom. The largest absolute Gasteiger partial charge is 0.323 e. The van der Waals surface area contributed by atoms with E-state index in [9.17, 15) is 14.4 Å². The minimum Gasteiger partial charge on any atom is -0.323 e. The topological polar surface area (TPSA) is 63.2 Å². The first-order valence-electron chi connectivity index (χ1n) is 4.77. The van der Waals surface area contributed by atoms with Crippen LogP contribution >= 0.6 is 0 Å². The molecule has 1 aliphatic rings. The van der Waals surface area contributed by atoms with Crippen molar-refractivity contribution in [1.29, 1.82) is 0 Å². The summed E-state index contributed by atoms with van der Waals surface area (Å²) in [5.41, 5.74) is 1.06. The van der Waals surface area contributed by atoms with Crippen LogP contribution in [0.3, 0.4) is 0 Å². The lowest BCUT2D eigenvalue weighted by Gasteiger charge is -2.13. The normalized spacial score (nSPS) is 14.2. The molecule has 0 spiro atoms. The average molecular weight is 215 g/mol. The summed E-state index contributed by atoms with van der Waals surface area (Å²) >= 11 is 0. The predicted octanol–water partition coefficient (Wildman–Crippen LogP) is 0.929. The van der Waals surface area contributed by atoms with Crippen LogP contribution in [0.5, 0.6) is 0 Å². The minimum atomic E-state index is -0.672.